The van der Waals surface area contributed by atoms with E-state index in [0.29, 0.717) is 22.9 Å². The molecule has 0 saturated heterocycles. The van der Waals surface area contributed by atoms with Crippen molar-refractivity contribution in [2.45, 2.75) is 44.0 Å². The number of hydrogen-bond donors (Lipinski definition) is 2. The molecule has 0 radical (unpaired) electrons. The van der Waals surface area contributed by atoms with E-state index >= 15 is 0 Å². The first-order chi connectivity index (χ1) is 19.1. The molecule has 2 N–H and O–H groups in total. The van der Waals surface area contributed by atoms with Gasteiger partial charge in [-0.1, -0.05) is 74.8 Å². The average molecular weight is 639 g/mol. The Kier molecular flexibility index (Phi) is 7.90. The van der Waals surface area contributed by atoms with Gasteiger partial charge in [0.1, 0.15) is 5.82 Å². The Morgan fingerprint density at radius 3 is 2.38 bits per heavy atom. The number of sulfonamides is 1. The molecule has 0 atom stereocenters. The van der Waals surface area contributed by atoms with Crippen molar-refractivity contribution in [1.29, 1.82) is 0 Å². The molecule has 206 valence electrons. The lowest BCUT2D eigenvalue weighted by molar-refractivity contribution is 0.506. The SMILES string of the molecule is CCC(C)(C)c1ccc(S(=O)(=O)Nc2ccc(CNc3cc(-c4ccccc4Cl)nc4c(Br)cnn34)cc2)cc1. The molecular formula is C30H29BrClN5O2S. The van der Waals surface area contributed by atoms with Gasteiger partial charge in [0.2, 0.25) is 0 Å². The predicted molar refractivity (Wildman–Crippen MR) is 165 cm³/mol. The van der Waals surface area contributed by atoms with Gasteiger partial charge in [0, 0.05) is 28.9 Å². The number of aromatic nitrogens is 3. The van der Waals surface area contributed by atoms with Crippen LogP contribution in [0.15, 0.2) is 94.4 Å². The number of fused-ring (bicyclic) bond motifs is 1. The van der Waals surface area contributed by atoms with Gasteiger partial charge in [-0.2, -0.15) is 9.61 Å². The fourth-order valence-electron chi connectivity index (χ4n) is 4.26. The van der Waals surface area contributed by atoms with Gasteiger partial charge in [-0.05, 0) is 69.2 Å². The van der Waals surface area contributed by atoms with Crippen molar-refractivity contribution in [3.63, 3.8) is 0 Å². The van der Waals surface area contributed by atoms with Crippen molar-refractivity contribution in [1.82, 2.24) is 14.6 Å². The van der Waals surface area contributed by atoms with Crippen LogP contribution in [0.5, 0.6) is 0 Å². The van der Waals surface area contributed by atoms with Crippen molar-refractivity contribution in [3.8, 4) is 11.3 Å². The van der Waals surface area contributed by atoms with Gasteiger partial charge in [-0.15, -0.1) is 0 Å². The van der Waals surface area contributed by atoms with Gasteiger partial charge in [-0.3, -0.25) is 4.72 Å². The fraction of sp³-hybridized carbons (Fsp3) is 0.200. The van der Waals surface area contributed by atoms with Crippen LogP contribution in [0.3, 0.4) is 0 Å². The summed E-state index contributed by atoms with van der Waals surface area (Å²) in [5, 5.41) is 8.46. The van der Waals surface area contributed by atoms with Gasteiger partial charge in [0.25, 0.3) is 10.0 Å². The minimum atomic E-state index is -3.71. The molecular weight excluding hydrogens is 610 g/mol. The number of anilines is 2. The zero-order valence-corrected chi connectivity index (χ0v) is 25.5. The normalized spacial score (nSPS) is 12.0. The Hall–Kier alpha value is -3.40. The van der Waals surface area contributed by atoms with E-state index in [4.69, 9.17) is 16.6 Å². The molecule has 10 heteroatoms. The van der Waals surface area contributed by atoms with Gasteiger partial charge >= 0.3 is 0 Å². The van der Waals surface area contributed by atoms with Gasteiger partial charge in [-0.25, -0.2) is 13.4 Å². The lowest BCUT2D eigenvalue weighted by Gasteiger charge is -2.23. The molecule has 0 fully saturated rings. The molecule has 7 nitrogen and oxygen atoms in total. The highest BCUT2D eigenvalue weighted by molar-refractivity contribution is 9.10. The highest BCUT2D eigenvalue weighted by atomic mass is 79.9. The number of nitrogens with one attached hydrogen (secondary N) is 2. The van der Waals surface area contributed by atoms with Crippen LogP contribution < -0.4 is 10.0 Å². The Balaban J connectivity index is 1.31. The molecule has 0 aliphatic heterocycles. The van der Waals surface area contributed by atoms with Crippen molar-refractivity contribution in [3.05, 3.63) is 106 Å². The van der Waals surface area contributed by atoms with Crippen LogP contribution in [0.25, 0.3) is 16.9 Å². The molecule has 40 heavy (non-hydrogen) atoms. The topological polar surface area (TPSA) is 88.4 Å². The maximum atomic E-state index is 13.0. The zero-order chi connectivity index (χ0) is 28.5. The minimum absolute atomic E-state index is 0.00824. The quantitative estimate of drug-likeness (QED) is 0.171. The largest absolute Gasteiger partial charge is 0.366 e. The van der Waals surface area contributed by atoms with E-state index in [0.717, 1.165) is 39.1 Å². The van der Waals surface area contributed by atoms with Crippen LogP contribution in [0.2, 0.25) is 5.02 Å². The second kappa shape index (κ2) is 11.2. The molecule has 0 unspecified atom stereocenters. The van der Waals surface area contributed by atoms with E-state index in [1.54, 1.807) is 35.0 Å². The summed E-state index contributed by atoms with van der Waals surface area (Å²) >= 11 is 9.96. The maximum absolute atomic E-state index is 13.0. The number of rotatable bonds is 9. The minimum Gasteiger partial charge on any atom is -0.366 e. The van der Waals surface area contributed by atoms with Gasteiger partial charge in [0.15, 0.2) is 5.65 Å². The molecule has 2 aromatic heterocycles. The van der Waals surface area contributed by atoms with Crippen molar-refractivity contribution < 1.29 is 8.42 Å². The van der Waals surface area contributed by atoms with Crippen LogP contribution in [-0.4, -0.2) is 23.0 Å². The molecule has 0 bridgehead atoms. The summed E-state index contributed by atoms with van der Waals surface area (Å²) in [5.41, 5.74) is 4.76. The van der Waals surface area contributed by atoms with E-state index in [9.17, 15) is 8.42 Å². The first kappa shape index (κ1) is 28.1. The third-order valence-corrected chi connectivity index (χ3v) is 9.37. The van der Waals surface area contributed by atoms with Crippen LogP contribution in [-0.2, 0) is 22.0 Å². The third-order valence-electron chi connectivity index (χ3n) is 7.09. The number of hydrogen-bond acceptors (Lipinski definition) is 5. The fourth-order valence-corrected chi connectivity index (χ4v) is 5.90. The molecule has 0 aliphatic carbocycles. The predicted octanol–water partition coefficient (Wildman–Crippen LogP) is 7.91. The lowest BCUT2D eigenvalue weighted by Crippen LogP contribution is -2.17. The van der Waals surface area contributed by atoms with Crippen LogP contribution >= 0.6 is 27.5 Å². The van der Waals surface area contributed by atoms with Gasteiger partial charge < -0.3 is 5.32 Å². The summed E-state index contributed by atoms with van der Waals surface area (Å²) in [5.74, 6) is 0.741. The van der Waals surface area contributed by atoms with Gasteiger partial charge in [0.05, 0.1) is 21.3 Å². The van der Waals surface area contributed by atoms with E-state index < -0.39 is 10.0 Å². The van der Waals surface area contributed by atoms with E-state index in [1.807, 2.05) is 54.6 Å². The molecule has 0 amide bonds. The summed E-state index contributed by atoms with van der Waals surface area (Å²) < 4.78 is 31.1. The standard InChI is InChI=1S/C30H29BrClN5O2S/c1-4-30(2,3)21-11-15-23(16-12-21)40(38,39)36-22-13-9-20(10-14-22)18-33-28-17-27(24-7-5-6-8-26(24)32)35-29-25(31)19-34-37(28)29/h5-17,19,33,36H,4,18H2,1-3H3. The van der Waals surface area contributed by atoms with Crippen LogP contribution in [0, 0.1) is 0 Å². The summed E-state index contributed by atoms with van der Waals surface area (Å²) in [6.07, 6.45) is 2.66. The van der Waals surface area contributed by atoms with E-state index in [2.05, 4.69) is 51.8 Å². The third kappa shape index (κ3) is 5.87. The van der Waals surface area contributed by atoms with Crippen LogP contribution in [0.1, 0.15) is 38.3 Å². The highest BCUT2D eigenvalue weighted by Gasteiger charge is 2.20. The van der Waals surface area contributed by atoms with E-state index in [-0.39, 0.29) is 10.3 Å². The smallest absolute Gasteiger partial charge is 0.261 e. The summed E-state index contributed by atoms with van der Waals surface area (Å²) in [6.45, 7) is 6.90. The van der Waals surface area contributed by atoms with Crippen molar-refractivity contribution in [2.75, 3.05) is 10.0 Å². The monoisotopic (exact) mass is 637 g/mol. The summed E-state index contributed by atoms with van der Waals surface area (Å²) in [4.78, 5) is 4.97. The molecule has 0 saturated carbocycles. The Labute approximate surface area is 247 Å². The average Bonchev–Trinajstić information content (AvgIpc) is 3.33. The first-order valence-corrected chi connectivity index (χ1v) is 15.5. The van der Waals surface area contributed by atoms with Crippen molar-refractivity contribution >= 4 is 54.7 Å². The summed E-state index contributed by atoms with van der Waals surface area (Å²) in [6, 6.07) is 23.8. The number of nitrogens with zero attached hydrogens (tertiary/aromatic N) is 3. The molecule has 0 spiro atoms. The Bertz CT molecular complexity index is 1770. The number of benzene rings is 3. The molecule has 5 aromatic rings. The molecule has 5 rings (SSSR count). The summed E-state index contributed by atoms with van der Waals surface area (Å²) in [7, 11) is -3.71. The Morgan fingerprint density at radius 2 is 1.70 bits per heavy atom. The van der Waals surface area contributed by atoms with Crippen LogP contribution in [0.4, 0.5) is 11.5 Å². The zero-order valence-electron chi connectivity index (χ0n) is 22.3. The molecule has 3 aromatic carbocycles. The maximum Gasteiger partial charge on any atom is 0.261 e. The number of halogens is 2. The van der Waals surface area contributed by atoms with Crippen molar-refractivity contribution in [2.24, 2.45) is 0 Å². The van der Waals surface area contributed by atoms with E-state index in [1.165, 1.54) is 0 Å². The second-order valence-corrected chi connectivity index (χ2v) is 13.1. The Morgan fingerprint density at radius 1 is 1.00 bits per heavy atom. The molecule has 2 heterocycles. The second-order valence-electron chi connectivity index (χ2n) is 10.2. The lowest BCUT2D eigenvalue weighted by atomic mass is 9.82. The highest BCUT2D eigenvalue weighted by Crippen LogP contribution is 2.31. The first-order valence-electron chi connectivity index (χ1n) is 12.8. The molecule has 0 aliphatic rings.